The number of fused-ring (bicyclic) bond motifs is 1. The average Bonchev–Trinajstić information content (AvgIpc) is 3.18. The van der Waals surface area contributed by atoms with E-state index in [1.807, 2.05) is 17.8 Å². The molecule has 2 heterocycles. The fraction of sp³-hybridized carbons (Fsp3) is 0.500. The quantitative estimate of drug-likeness (QED) is 0.874. The second kappa shape index (κ2) is 6.89. The van der Waals surface area contributed by atoms with Crippen LogP contribution in [-0.4, -0.2) is 47.7 Å². The lowest BCUT2D eigenvalue weighted by Crippen LogP contribution is -2.34. The molecule has 0 aliphatic carbocycles. The molecule has 0 spiro atoms. The Bertz CT molecular complexity index is 653. The van der Waals surface area contributed by atoms with Gasteiger partial charge < -0.3 is 14.9 Å². The van der Waals surface area contributed by atoms with Gasteiger partial charge in [0.15, 0.2) is 0 Å². The molecule has 0 bridgehead atoms. The van der Waals surface area contributed by atoms with Crippen molar-refractivity contribution in [2.24, 2.45) is 0 Å². The van der Waals surface area contributed by atoms with Crippen molar-refractivity contribution in [1.29, 1.82) is 0 Å². The summed E-state index contributed by atoms with van der Waals surface area (Å²) in [4.78, 5) is 10.0. The number of benzene rings is 1. The van der Waals surface area contributed by atoms with Crippen LogP contribution in [0.3, 0.4) is 0 Å². The lowest BCUT2D eigenvalue weighted by atomic mass is 9.99. The van der Waals surface area contributed by atoms with Gasteiger partial charge in [0, 0.05) is 48.6 Å². The predicted octanol–water partition coefficient (Wildman–Crippen LogP) is 3.78. The number of aromatic nitrogens is 1. The van der Waals surface area contributed by atoms with Crippen LogP contribution in [0.4, 0.5) is 5.69 Å². The monoisotopic (exact) mass is 331 g/mol. The van der Waals surface area contributed by atoms with Gasteiger partial charge in [-0.25, -0.2) is 0 Å². The first-order valence-corrected chi connectivity index (χ1v) is 9.25. The number of likely N-dealkylation sites (N-methyl/N-ethyl adjacent to an activating group) is 1. The van der Waals surface area contributed by atoms with Crippen molar-refractivity contribution in [3.63, 3.8) is 0 Å². The number of anilines is 1. The summed E-state index contributed by atoms with van der Waals surface area (Å²) in [5.74, 6) is 0.791. The second-order valence-electron chi connectivity index (χ2n) is 6.13. The van der Waals surface area contributed by atoms with Crippen molar-refractivity contribution < 1.29 is 5.11 Å². The molecule has 0 saturated heterocycles. The Morgan fingerprint density at radius 3 is 2.78 bits per heavy atom. The molecule has 2 aromatic rings. The molecule has 23 heavy (non-hydrogen) atoms. The molecule has 0 radical (unpaired) electrons. The van der Waals surface area contributed by atoms with E-state index in [1.54, 1.807) is 11.3 Å². The van der Waals surface area contributed by atoms with E-state index in [1.165, 1.54) is 5.69 Å². The van der Waals surface area contributed by atoms with Crippen molar-refractivity contribution in [2.75, 3.05) is 37.6 Å². The van der Waals surface area contributed by atoms with Crippen LogP contribution in [-0.2, 0) is 0 Å². The maximum absolute atomic E-state index is 10.8. The van der Waals surface area contributed by atoms with Gasteiger partial charge in [0.25, 0.3) is 0 Å². The van der Waals surface area contributed by atoms with Crippen LogP contribution in [0.1, 0.15) is 32.3 Å². The molecule has 1 aliphatic heterocycles. The number of hydrogen-bond donors (Lipinski definition) is 1. The fourth-order valence-corrected chi connectivity index (χ4v) is 4.09. The topological polar surface area (TPSA) is 39.6 Å². The molecular formula is C18H25N3OS. The Balaban J connectivity index is 1.86. The third-order valence-corrected chi connectivity index (χ3v) is 5.61. The zero-order valence-corrected chi connectivity index (χ0v) is 14.9. The van der Waals surface area contributed by atoms with Crippen LogP contribution in [0.5, 0.6) is 5.75 Å². The van der Waals surface area contributed by atoms with Crippen molar-refractivity contribution in [3.8, 4) is 16.2 Å². The average molecular weight is 331 g/mol. The molecule has 1 aliphatic rings. The first-order valence-electron chi connectivity index (χ1n) is 8.37. The van der Waals surface area contributed by atoms with E-state index in [0.717, 1.165) is 48.7 Å². The molecule has 1 aromatic heterocycles. The van der Waals surface area contributed by atoms with Gasteiger partial charge in [-0.2, -0.15) is 0 Å². The minimum Gasteiger partial charge on any atom is -0.507 e. The Morgan fingerprint density at radius 1 is 1.35 bits per heavy atom. The van der Waals surface area contributed by atoms with Crippen LogP contribution >= 0.6 is 11.3 Å². The highest BCUT2D eigenvalue weighted by atomic mass is 32.1. The van der Waals surface area contributed by atoms with Crippen molar-refractivity contribution >= 4 is 17.0 Å². The van der Waals surface area contributed by atoms with Gasteiger partial charge in [-0.3, -0.25) is 4.98 Å². The number of hydrogen-bond acceptors (Lipinski definition) is 5. The van der Waals surface area contributed by atoms with Gasteiger partial charge in [-0.1, -0.05) is 20.8 Å². The molecule has 1 N–H and O–H groups in total. The Morgan fingerprint density at radius 2 is 2.13 bits per heavy atom. The lowest BCUT2D eigenvalue weighted by molar-refractivity contribution is 0.310. The molecule has 0 amide bonds. The van der Waals surface area contributed by atoms with Crippen LogP contribution in [0.2, 0.25) is 0 Å². The molecule has 4 nitrogen and oxygen atoms in total. The zero-order chi connectivity index (χ0) is 16.4. The maximum atomic E-state index is 10.8. The number of rotatable bonds is 6. The highest BCUT2D eigenvalue weighted by molar-refractivity contribution is 7.13. The van der Waals surface area contributed by atoms with E-state index in [2.05, 4.69) is 41.6 Å². The van der Waals surface area contributed by atoms with Gasteiger partial charge in [0.1, 0.15) is 5.75 Å². The molecule has 5 heteroatoms. The van der Waals surface area contributed by atoms with Crippen molar-refractivity contribution in [2.45, 2.75) is 26.7 Å². The second-order valence-corrected chi connectivity index (χ2v) is 7.02. The summed E-state index contributed by atoms with van der Waals surface area (Å²) in [6, 6.07) is 4.19. The van der Waals surface area contributed by atoms with Crippen molar-refractivity contribution in [3.05, 3.63) is 29.4 Å². The Kier molecular flexibility index (Phi) is 4.87. The van der Waals surface area contributed by atoms with Gasteiger partial charge in [0.05, 0.1) is 10.4 Å². The fourth-order valence-electron chi connectivity index (χ4n) is 3.44. The summed E-state index contributed by atoms with van der Waals surface area (Å²) in [5, 5.41) is 10.8. The molecule has 0 saturated carbocycles. The van der Waals surface area contributed by atoms with Crippen LogP contribution < -0.4 is 4.90 Å². The number of thiazole rings is 1. The largest absolute Gasteiger partial charge is 0.507 e. The third kappa shape index (κ3) is 3.08. The Hall–Kier alpha value is -1.59. The summed E-state index contributed by atoms with van der Waals surface area (Å²) in [7, 11) is 0. The summed E-state index contributed by atoms with van der Waals surface area (Å²) >= 11 is 1.57. The molecule has 124 valence electrons. The van der Waals surface area contributed by atoms with Crippen molar-refractivity contribution in [1.82, 2.24) is 9.88 Å². The third-order valence-electron chi connectivity index (χ3n) is 4.80. The molecule has 1 unspecified atom stereocenters. The molecule has 1 aromatic carbocycles. The van der Waals surface area contributed by atoms with E-state index in [4.69, 9.17) is 0 Å². The molecule has 0 fully saturated rings. The molecule has 3 rings (SSSR count). The number of phenols is 1. The predicted molar refractivity (Wildman–Crippen MR) is 97.6 cm³/mol. The van der Waals surface area contributed by atoms with Crippen LogP contribution in [0, 0.1) is 0 Å². The highest BCUT2D eigenvalue weighted by Crippen LogP contribution is 2.46. The first-order chi connectivity index (χ1) is 11.2. The standard InChI is InChI=1S/C18H25N3OS/c1-4-20(5-2)8-9-21-11-13(3)17-15(21)7-6-14(18(17)22)16-10-19-12-23-16/h6-7,10,12-13,22H,4-5,8-9,11H2,1-3H3. The zero-order valence-electron chi connectivity index (χ0n) is 14.1. The smallest absolute Gasteiger partial charge is 0.129 e. The molecule has 1 atom stereocenters. The van der Waals surface area contributed by atoms with Gasteiger partial charge >= 0.3 is 0 Å². The van der Waals surface area contributed by atoms with Crippen LogP contribution in [0.15, 0.2) is 23.8 Å². The SMILES string of the molecule is CCN(CC)CCN1CC(C)c2c1ccc(-c1cncs1)c2O. The van der Waals surface area contributed by atoms with Crippen LogP contribution in [0.25, 0.3) is 10.4 Å². The summed E-state index contributed by atoms with van der Waals surface area (Å²) in [5.41, 5.74) is 5.00. The minimum atomic E-state index is 0.356. The van der Waals surface area contributed by atoms with Gasteiger partial charge in [-0.05, 0) is 25.2 Å². The van der Waals surface area contributed by atoms with E-state index >= 15 is 0 Å². The number of nitrogens with zero attached hydrogens (tertiary/aromatic N) is 3. The highest BCUT2D eigenvalue weighted by Gasteiger charge is 2.30. The lowest BCUT2D eigenvalue weighted by Gasteiger charge is -2.25. The minimum absolute atomic E-state index is 0.356. The van der Waals surface area contributed by atoms with E-state index < -0.39 is 0 Å². The summed E-state index contributed by atoms with van der Waals surface area (Å²) in [6.45, 7) is 11.8. The van der Waals surface area contributed by atoms with E-state index in [9.17, 15) is 5.11 Å². The first kappa shape index (κ1) is 16.3. The normalized spacial score (nSPS) is 17.0. The van der Waals surface area contributed by atoms with Gasteiger partial charge in [-0.15, -0.1) is 11.3 Å². The number of aromatic hydroxyl groups is 1. The molecular weight excluding hydrogens is 306 g/mol. The Labute approximate surface area is 142 Å². The number of phenolic OH excluding ortho intramolecular Hbond substituents is 1. The summed E-state index contributed by atoms with van der Waals surface area (Å²) in [6.07, 6.45) is 1.82. The van der Waals surface area contributed by atoms with E-state index in [-0.39, 0.29) is 0 Å². The van der Waals surface area contributed by atoms with Gasteiger partial charge in [0.2, 0.25) is 0 Å². The van der Waals surface area contributed by atoms with E-state index in [0.29, 0.717) is 11.7 Å². The summed E-state index contributed by atoms with van der Waals surface area (Å²) < 4.78 is 0. The maximum Gasteiger partial charge on any atom is 0.129 e.